The Labute approximate surface area is 118 Å². The van der Waals surface area contributed by atoms with Crippen LogP contribution in [0, 0.1) is 27.4 Å². The topological polar surface area (TPSA) is 79.0 Å². The lowest BCUT2D eigenvalue weighted by Gasteiger charge is -2.30. The first-order chi connectivity index (χ1) is 9.63. The Morgan fingerprint density at radius 3 is 2.95 bits per heavy atom. The average molecular weight is 273 g/mol. The van der Waals surface area contributed by atoms with Crippen LogP contribution in [0.2, 0.25) is 0 Å². The third-order valence-electron chi connectivity index (χ3n) is 4.05. The molecule has 0 saturated heterocycles. The summed E-state index contributed by atoms with van der Waals surface area (Å²) >= 11 is 0. The number of benzene rings is 1. The van der Waals surface area contributed by atoms with Crippen molar-refractivity contribution in [3.8, 4) is 6.07 Å². The molecule has 0 aromatic heterocycles. The van der Waals surface area contributed by atoms with Gasteiger partial charge in [0.15, 0.2) is 0 Å². The molecule has 0 bridgehead atoms. The van der Waals surface area contributed by atoms with Crippen LogP contribution in [0.3, 0.4) is 0 Å². The minimum atomic E-state index is -0.474. The van der Waals surface area contributed by atoms with Crippen molar-refractivity contribution >= 4 is 11.4 Å². The van der Waals surface area contributed by atoms with Crippen molar-refractivity contribution in [1.82, 2.24) is 0 Å². The summed E-state index contributed by atoms with van der Waals surface area (Å²) in [5.74, 6) is 0.741. The van der Waals surface area contributed by atoms with Gasteiger partial charge < -0.3 is 5.32 Å². The van der Waals surface area contributed by atoms with Gasteiger partial charge in [0.2, 0.25) is 0 Å². The van der Waals surface area contributed by atoms with E-state index >= 15 is 0 Å². The highest BCUT2D eigenvalue weighted by atomic mass is 16.6. The Morgan fingerprint density at radius 2 is 2.30 bits per heavy atom. The van der Waals surface area contributed by atoms with Crippen LogP contribution >= 0.6 is 0 Å². The molecule has 0 radical (unpaired) electrons. The number of rotatable bonds is 4. The van der Waals surface area contributed by atoms with Gasteiger partial charge in [-0.25, -0.2) is 0 Å². The van der Waals surface area contributed by atoms with E-state index in [1.165, 1.54) is 31.4 Å². The number of anilines is 1. The Kier molecular flexibility index (Phi) is 4.57. The lowest BCUT2D eigenvalue weighted by molar-refractivity contribution is -0.384. The van der Waals surface area contributed by atoms with Gasteiger partial charge in [0.25, 0.3) is 5.69 Å². The number of hydrogen-bond acceptors (Lipinski definition) is 4. The molecule has 2 rings (SSSR count). The summed E-state index contributed by atoms with van der Waals surface area (Å²) in [5.41, 5.74) is 1.01. The zero-order chi connectivity index (χ0) is 14.5. The molecule has 1 N–H and O–H groups in total. The maximum absolute atomic E-state index is 10.7. The van der Waals surface area contributed by atoms with E-state index in [2.05, 4.69) is 12.2 Å². The Hall–Kier alpha value is -2.09. The van der Waals surface area contributed by atoms with Gasteiger partial charge in [-0.2, -0.15) is 5.26 Å². The van der Waals surface area contributed by atoms with Gasteiger partial charge in [-0.3, -0.25) is 10.1 Å². The molecule has 0 spiro atoms. The molecule has 1 aromatic carbocycles. The second kappa shape index (κ2) is 6.38. The number of nitro groups is 1. The molecule has 5 nitrogen and oxygen atoms in total. The number of nitrogens with zero attached hydrogens (tertiary/aromatic N) is 2. The van der Waals surface area contributed by atoms with Crippen LogP contribution in [-0.2, 0) is 0 Å². The van der Waals surface area contributed by atoms with Crippen LogP contribution in [0.5, 0.6) is 0 Å². The molecule has 2 atom stereocenters. The third-order valence-corrected chi connectivity index (χ3v) is 4.05. The normalized spacial score (nSPS) is 22.0. The molecule has 1 fully saturated rings. The molecular formula is C15H19N3O2. The lowest BCUT2D eigenvalue weighted by Crippen LogP contribution is -2.27. The van der Waals surface area contributed by atoms with Gasteiger partial charge in [-0.1, -0.05) is 26.2 Å². The van der Waals surface area contributed by atoms with E-state index < -0.39 is 4.92 Å². The quantitative estimate of drug-likeness (QED) is 0.667. The molecule has 106 valence electrons. The summed E-state index contributed by atoms with van der Waals surface area (Å²) in [6, 6.07) is 6.83. The summed E-state index contributed by atoms with van der Waals surface area (Å²) in [6.45, 7) is 2.21. The monoisotopic (exact) mass is 273 g/mol. The van der Waals surface area contributed by atoms with Gasteiger partial charge in [-0.05, 0) is 24.8 Å². The standard InChI is InChI=1S/C15H19N3O2/c1-2-11-4-3-5-13(8-11)17-15-7-6-14(18(19)20)9-12(15)10-16/h6-7,9,11,13,17H,2-5,8H2,1H3. The van der Waals surface area contributed by atoms with Crippen LogP contribution in [0.1, 0.15) is 44.6 Å². The Bertz CT molecular complexity index is 536. The summed E-state index contributed by atoms with van der Waals surface area (Å²) in [5, 5.41) is 23.3. The van der Waals surface area contributed by atoms with E-state index in [9.17, 15) is 10.1 Å². The fraction of sp³-hybridized carbons (Fsp3) is 0.533. The number of non-ortho nitro benzene ring substituents is 1. The third kappa shape index (κ3) is 3.27. The van der Waals surface area contributed by atoms with E-state index in [1.54, 1.807) is 6.07 Å². The number of nitro benzene ring substituents is 1. The molecule has 1 aliphatic carbocycles. The van der Waals surface area contributed by atoms with Crippen LogP contribution in [0.4, 0.5) is 11.4 Å². The highest BCUT2D eigenvalue weighted by Crippen LogP contribution is 2.30. The van der Waals surface area contributed by atoms with E-state index in [0.29, 0.717) is 17.3 Å². The van der Waals surface area contributed by atoms with Crippen molar-refractivity contribution in [2.24, 2.45) is 5.92 Å². The van der Waals surface area contributed by atoms with Crippen LogP contribution in [0.25, 0.3) is 0 Å². The van der Waals surface area contributed by atoms with Crippen molar-refractivity contribution in [3.63, 3.8) is 0 Å². The van der Waals surface area contributed by atoms with Gasteiger partial charge in [0.05, 0.1) is 16.2 Å². The molecule has 20 heavy (non-hydrogen) atoms. The summed E-state index contributed by atoms with van der Waals surface area (Å²) in [7, 11) is 0. The second-order valence-electron chi connectivity index (χ2n) is 5.38. The first kappa shape index (κ1) is 14.3. The SMILES string of the molecule is CCC1CCCC(Nc2ccc([N+](=O)[O-])cc2C#N)C1. The number of nitrogens with one attached hydrogen (secondary N) is 1. The fourth-order valence-corrected chi connectivity index (χ4v) is 2.88. The van der Waals surface area contributed by atoms with E-state index in [1.807, 2.05) is 6.07 Å². The summed E-state index contributed by atoms with van der Waals surface area (Å²) in [6.07, 6.45) is 5.87. The second-order valence-corrected chi connectivity index (χ2v) is 5.38. The first-order valence-corrected chi connectivity index (χ1v) is 7.09. The fourth-order valence-electron chi connectivity index (χ4n) is 2.88. The van der Waals surface area contributed by atoms with E-state index in [-0.39, 0.29) is 5.69 Å². The summed E-state index contributed by atoms with van der Waals surface area (Å²) in [4.78, 5) is 10.3. The van der Waals surface area contributed by atoms with Crippen molar-refractivity contribution < 1.29 is 4.92 Å². The molecule has 1 saturated carbocycles. The van der Waals surface area contributed by atoms with Crippen LogP contribution in [-0.4, -0.2) is 11.0 Å². The zero-order valence-corrected chi connectivity index (χ0v) is 11.6. The van der Waals surface area contributed by atoms with Crippen molar-refractivity contribution in [2.45, 2.75) is 45.1 Å². The van der Waals surface area contributed by atoms with Gasteiger partial charge in [0, 0.05) is 18.2 Å². The lowest BCUT2D eigenvalue weighted by atomic mass is 9.84. The molecule has 0 heterocycles. The Morgan fingerprint density at radius 1 is 1.50 bits per heavy atom. The zero-order valence-electron chi connectivity index (χ0n) is 11.6. The molecule has 1 aromatic rings. The van der Waals surface area contributed by atoms with E-state index in [4.69, 9.17) is 5.26 Å². The smallest absolute Gasteiger partial charge is 0.270 e. The molecule has 2 unspecified atom stereocenters. The van der Waals surface area contributed by atoms with Crippen molar-refractivity contribution in [2.75, 3.05) is 5.32 Å². The highest BCUT2D eigenvalue weighted by molar-refractivity contribution is 5.61. The average Bonchev–Trinajstić information content (AvgIpc) is 2.47. The maximum Gasteiger partial charge on any atom is 0.270 e. The van der Waals surface area contributed by atoms with Crippen LogP contribution in [0.15, 0.2) is 18.2 Å². The highest BCUT2D eigenvalue weighted by Gasteiger charge is 2.21. The molecule has 5 heteroatoms. The van der Waals surface area contributed by atoms with Crippen molar-refractivity contribution in [1.29, 1.82) is 5.26 Å². The maximum atomic E-state index is 10.7. The van der Waals surface area contributed by atoms with Crippen LogP contribution < -0.4 is 5.32 Å². The molecule has 1 aliphatic rings. The molecular weight excluding hydrogens is 254 g/mol. The predicted octanol–water partition coefficient (Wildman–Crippen LogP) is 3.85. The number of nitriles is 1. The number of hydrogen-bond donors (Lipinski definition) is 1. The summed E-state index contributed by atoms with van der Waals surface area (Å²) < 4.78 is 0. The first-order valence-electron chi connectivity index (χ1n) is 7.09. The predicted molar refractivity (Wildman–Crippen MR) is 77.5 cm³/mol. The minimum Gasteiger partial charge on any atom is -0.381 e. The van der Waals surface area contributed by atoms with Crippen molar-refractivity contribution in [3.05, 3.63) is 33.9 Å². The van der Waals surface area contributed by atoms with E-state index in [0.717, 1.165) is 18.8 Å². The van der Waals surface area contributed by atoms with Gasteiger partial charge in [-0.15, -0.1) is 0 Å². The minimum absolute atomic E-state index is 0.0396. The van der Waals surface area contributed by atoms with Gasteiger partial charge >= 0.3 is 0 Å². The molecule has 0 aliphatic heterocycles. The Balaban J connectivity index is 2.13. The largest absolute Gasteiger partial charge is 0.381 e. The molecule has 0 amide bonds. The van der Waals surface area contributed by atoms with Gasteiger partial charge in [0.1, 0.15) is 6.07 Å².